The Morgan fingerprint density at radius 2 is 2.16 bits per heavy atom. The fourth-order valence-electron chi connectivity index (χ4n) is 2.76. The minimum absolute atomic E-state index is 0.166. The summed E-state index contributed by atoms with van der Waals surface area (Å²) < 4.78 is 29.7. The molecule has 1 aliphatic heterocycles. The summed E-state index contributed by atoms with van der Waals surface area (Å²) in [4.78, 5) is 0. The highest BCUT2D eigenvalue weighted by Crippen LogP contribution is 2.31. The normalized spacial score (nSPS) is 23.8. The van der Waals surface area contributed by atoms with Gasteiger partial charge in [-0.2, -0.15) is 0 Å². The van der Waals surface area contributed by atoms with Crippen LogP contribution in [0.15, 0.2) is 24.3 Å². The summed E-state index contributed by atoms with van der Waals surface area (Å²) in [6.45, 7) is 0. The lowest BCUT2D eigenvalue weighted by atomic mass is 9.99. The fraction of sp³-hybridized carbons (Fsp3) is 0.571. The molecule has 1 heterocycles. The summed E-state index contributed by atoms with van der Waals surface area (Å²) in [6, 6.07) is 7.46. The third kappa shape index (κ3) is 3.09. The van der Waals surface area contributed by atoms with E-state index in [1.165, 1.54) is 0 Å². The van der Waals surface area contributed by atoms with E-state index in [4.69, 9.17) is 4.74 Å². The van der Waals surface area contributed by atoms with Gasteiger partial charge in [0.15, 0.2) is 9.84 Å². The predicted molar refractivity (Wildman–Crippen MR) is 76.2 cm³/mol. The minimum Gasteiger partial charge on any atom is -0.497 e. The van der Waals surface area contributed by atoms with E-state index in [0.29, 0.717) is 5.75 Å². The first-order valence-corrected chi connectivity index (χ1v) is 8.33. The maximum Gasteiger partial charge on any atom is 0.155 e. The average Bonchev–Trinajstić information content (AvgIpc) is 2.41. The number of ether oxygens (including phenoxy) is 1. The number of nitrogens with one attached hydrogen (secondary N) is 1. The zero-order valence-corrected chi connectivity index (χ0v) is 12.2. The van der Waals surface area contributed by atoms with Crippen molar-refractivity contribution in [1.29, 1.82) is 0 Å². The van der Waals surface area contributed by atoms with Gasteiger partial charge in [-0.25, -0.2) is 8.42 Å². The van der Waals surface area contributed by atoms with E-state index in [2.05, 4.69) is 5.32 Å². The highest BCUT2D eigenvalue weighted by atomic mass is 32.2. The van der Waals surface area contributed by atoms with Gasteiger partial charge in [0.1, 0.15) is 5.75 Å². The molecule has 0 radical (unpaired) electrons. The van der Waals surface area contributed by atoms with Crippen LogP contribution in [0, 0.1) is 0 Å². The lowest BCUT2D eigenvalue weighted by molar-refractivity contribution is 0.412. The van der Waals surface area contributed by atoms with E-state index in [-0.39, 0.29) is 11.3 Å². The second-order valence-electron chi connectivity index (χ2n) is 4.94. The van der Waals surface area contributed by atoms with Gasteiger partial charge < -0.3 is 10.1 Å². The topological polar surface area (TPSA) is 55.4 Å². The largest absolute Gasteiger partial charge is 0.497 e. The molecule has 0 amide bonds. The van der Waals surface area contributed by atoms with Crippen molar-refractivity contribution < 1.29 is 13.2 Å². The molecule has 0 saturated carbocycles. The van der Waals surface area contributed by atoms with Gasteiger partial charge in [-0.1, -0.05) is 18.6 Å². The van der Waals surface area contributed by atoms with Crippen LogP contribution in [-0.4, -0.2) is 33.6 Å². The molecule has 1 fully saturated rings. The number of hydrogen-bond donors (Lipinski definition) is 1. The molecule has 106 valence electrons. The molecule has 1 N–H and O–H groups in total. The van der Waals surface area contributed by atoms with Crippen molar-refractivity contribution in [1.82, 2.24) is 5.32 Å². The Morgan fingerprint density at radius 1 is 1.37 bits per heavy atom. The molecule has 2 rings (SSSR count). The van der Waals surface area contributed by atoms with Crippen LogP contribution < -0.4 is 10.1 Å². The molecule has 1 aliphatic rings. The van der Waals surface area contributed by atoms with E-state index in [0.717, 1.165) is 30.6 Å². The van der Waals surface area contributed by atoms with Crippen LogP contribution in [0.5, 0.6) is 5.75 Å². The number of methoxy groups -OCH3 is 1. The van der Waals surface area contributed by atoms with Crippen molar-refractivity contribution in [3.63, 3.8) is 0 Å². The second kappa shape index (κ2) is 5.92. The molecule has 1 aromatic carbocycles. The molecule has 1 saturated heterocycles. The predicted octanol–water partition coefficient (Wildman–Crippen LogP) is 1.92. The van der Waals surface area contributed by atoms with Crippen molar-refractivity contribution in [2.75, 3.05) is 19.9 Å². The molecule has 0 spiro atoms. The molecule has 5 heteroatoms. The average molecular weight is 283 g/mol. The molecule has 19 heavy (non-hydrogen) atoms. The monoisotopic (exact) mass is 283 g/mol. The Morgan fingerprint density at radius 3 is 2.79 bits per heavy atom. The van der Waals surface area contributed by atoms with E-state index >= 15 is 0 Å². The highest BCUT2D eigenvalue weighted by molar-refractivity contribution is 7.92. The Bertz CT molecular complexity index is 527. The van der Waals surface area contributed by atoms with Gasteiger partial charge in [-0.3, -0.25) is 0 Å². The summed E-state index contributed by atoms with van der Waals surface area (Å²) in [5, 5.41) is 2.83. The summed E-state index contributed by atoms with van der Waals surface area (Å²) >= 11 is 0. The standard InChI is InChI=1S/C14H21NO3S/c1-15-14(11-6-5-7-12(10-11)18-2)13-8-3-4-9-19(13,16)17/h5-7,10,13-15H,3-4,8-9H2,1-2H3. The van der Waals surface area contributed by atoms with Crippen LogP contribution in [0.4, 0.5) is 0 Å². The van der Waals surface area contributed by atoms with Gasteiger partial charge >= 0.3 is 0 Å². The molecule has 1 aromatic rings. The van der Waals surface area contributed by atoms with E-state index in [1.807, 2.05) is 31.3 Å². The Kier molecular flexibility index (Phi) is 4.47. The third-order valence-electron chi connectivity index (χ3n) is 3.76. The first kappa shape index (κ1) is 14.3. The Labute approximate surface area is 115 Å². The summed E-state index contributed by atoms with van der Waals surface area (Å²) in [5.41, 5.74) is 0.970. The van der Waals surface area contributed by atoms with E-state index in [9.17, 15) is 8.42 Å². The van der Waals surface area contributed by atoms with E-state index in [1.54, 1.807) is 7.11 Å². The quantitative estimate of drug-likeness (QED) is 0.917. The summed E-state index contributed by atoms with van der Waals surface area (Å²) in [7, 11) is 0.424. The lowest BCUT2D eigenvalue weighted by Gasteiger charge is -2.30. The van der Waals surface area contributed by atoms with Gasteiger partial charge in [-0.05, 0) is 37.6 Å². The van der Waals surface area contributed by atoms with Crippen LogP contribution >= 0.6 is 0 Å². The molecular weight excluding hydrogens is 262 g/mol. The first-order chi connectivity index (χ1) is 9.08. The number of sulfone groups is 1. The maximum atomic E-state index is 12.2. The van der Waals surface area contributed by atoms with Crippen molar-refractivity contribution in [3.05, 3.63) is 29.8 Å². The van der Waals surface area contributed by atoms with Gasteiger partial charge in [0.25, 0.3) is 0 Å². The second-order valence-corrected chi connectivity index (χ2v) is 7.28. The van der Waals surface area contributed by atoms with Crippen LogP contribution in [0.25, 0.3) is 0 Å². The molecule has 2 atom stereocenters. The third-order valence-corrected chi connectivity index (χ3v) is 6.05. The Hall–Kier alpha value is -1.07. The molecule has 0 bridgehead atoms. The minimum atomic E-state index is -3.01. The van der Waals surface area contributed by atoms with Crippen molar-refractivity contribution >= 4 is 9.84 Å². The van der Waals surface area contributed by atoms with Crippen LogP contribution in [0.1, 0.15) is 30.9 Å². The lowest BCUT2D eigenvalue weighted by Crippen LogP contribution is -2.39. The van der Waals surface area contributed by atoms with Gasteiger partial charge in [0.05, 0.1) is 18.1 Å². The maximum absolute atomic E-state index is 12.2. The molecule has 0 aromatic heterocycles. The van der Waals surface area contributed by atoms with Crippen LogP contribution in [0.2, 0.25) is 0 Å². The van der Waals surface area contributed by atoms with Crippen molar-refractivity contribution in [2.24, 2.45) is 0 Å². The van der Waals surface area contributed by atoms with Crippen molar-refractivity contribution in [3.8, 4) is 5.75 Å². The fourth-order valence-corrected chi connectivity index (χ4v) is 4.90. The van der Waals surface area contributed by atoms with E-state index < -0.39 is 9.84 Å². The highest BCUT2D eigenvalue weighted by Gasteiger charge is 2.35. The first-order valence-electron chi connectivity index (χ1n) is 6.61. The summed E-state index contributed by atoms with van der Waals surface area (Å²) in [5.74, 6) is 1.06. The smallest absolute Gasteiger partial charge is 0.155 e. The van der Waals surface area contributed by atoms with Crippen LogP contribution in [0.3, 0.4) is 0 Å². The zero-order valence-electron chi connectivity index (χ0n) is 11.4. The Balaban J connectivity index is 2.33. The molecule has 4 nitrogen and oxygen atoms in total. The molecular formula is C14H21NO3S. The summed E-state index contributed by atoms with van der Waals surface area (Å²) in [6.07, 6.45) is 2.49. The van der Waals surface area contributed by atoms with Crippen molar-refractivity contribution in [2.45, 2.75) is 30.6 Å². The SMILES string of the molecule is CNC(c1cccc(OC)c1)C1CCCCS1(=O)=O. The molecule has 2 unspecified atom stereocenters. The van der Waals surface area contributed by atoms with Gasteiger partial charge in [-0.15, -0.1) is 0 Å². The zero-order chi connectivity index (χ0) is 13.9. The number of benzene rings is 1. The molecule has 0 aliphatic carbocycles. The number of rotatable bonds is 4. The number of hydrogen-bond acceptors (Lipinski definition) is 4. The van der Waals surface area contributed by atoms with Gasteiger partial charge in [0.2, 0.25) is 0 Å². The van der Waals surface area contributed by atoms with Crippen LogP contribution in [-0.2, 0) is 9.84 Å². The van der Waals surface area contributed by atoms with Gasteiger partial charge in [0, 0.05) is 6.04 Å².